The lowest BCUT2D eigenvalue weighted by molar-refractivity contribution is 0.174. The van der Waals surface area contributed by atoms with Crippen LogP contribution < -0.4 is 15.2 Å². The Kier molecular flexibility index (Phi) is 3.90. The molecule has 3 aromatic carbocycles. The summed E-state index contributed by atoms with van der Waals surface area (Å²) in [7, 11) is -3.97. The number of nitrogens with two attached hydrogens (primary N) is 1. The molecule has 0 aliphatic carbocycles. The van der Waals surface area contributed by atoms with Gasteiger partial charge >= 0.3 is 0 Å². The van der Waals surface area contributed by atoms with Crippen LogP contribution in [0, 0.1) is 0 Å². The number of nitrogens with zero attached hydrogens (tertiary/aromatic N) is 3. The van der Waals surface area contributed by atoms with E-state index in [1.165, 1.54) is 12.1 Å². The maximum atomic E-state index is 13.6. The summed E-state index contributed by atoms with van der Waals surface area (Å²) in [4.78, 5) is 9.43. The molecule has 9 heteroatoms. The zero-order valence-corrected chi connectivity index (χ0v) is 17.4. The van der Waals surface area contributed by atoms with Crippen molar-refractivity contribution in [2.75, 3.05) is 12.5 Å². The molecule has 5 aromatic rings. The van der Waals surface area contributed by atoms with Crippen LogP contribution in [-0.4, -0.2) is 29.7 Å². The third-order valence-electron chi connectivity index (χ3n) is 5.39. The quantitative estimate of drug-likeness (QED) is 0.452. The number of anilines is 1. The van der Waals surface area contributed by atoms with Crippen LogP contribution in [0.3, 0.4) is 0 Å². The molecule has 32 heavy (non-hydrogen) atoms. The Morgan fingerprint density at radius 1 is 0.844 bits per heavy atom. The van der Waals surface area contributed by atoms with Gasteiger partial charge in [0.1, 0.15) is 16.2 Å². The Bertz CT molecular complexity index is 1630. The van der Waals surface area contributed by atoms with Crippen LogP contribution in [0.25, 0.3) is 27.9 Å². The summed E-state index contributed by atoms with van der Waals surface area (Å²) in [6.45, 7) is 0.124. The maximum absolute atomic E-state index is 13.6. The highest BCUT2D eigenvalue weighted by Crippen LogP contribution is 2.40. The topological polar surface area (TPSA) is 109 Å². The molecule has 0 bridgehead atoms. The second-order valence-electron chi connectivity index (χ2n) is 7.29. The number of nitrogen functional groups attached to an aromatic ring is 1. The standard InChI is InChI=1S/C23H16N4O4S/c24-22-21(32(28,29)15-6-2-1-3-7-15)20-23(26-17-9-5-4-8-16(17)25-20)27(22)14-10-11-18-19(12-14)31-13-30-18/h1-12H,13,24H2. The van der Waals surface area contributed by atoms with Gasteiger partial charge in [-0.05, 0) is 36.4 Å². The summed E-state index contributed by atoms with van der Waals surface area (Å²) < 4.78 is 39.7. The molecule has 8 nitrogen and oxygen atoms in total. The van der Waals surface area contributed by atoms with Crippen molar-refractivity contribution in [3.63, 3.8) is 0 Å². The number of sulfone groups is 1. The van der Waals surface area contributed by atoms with E-state index in [2.05, 4.69) is 4.98 Å². The van der Waals surface area contributed by atoms with Crippen molar-refractivity contribution in [1.29, 1.82) is 0 Å². The third-order valence-corrected chi connectivity index (χ3v) is 7.22. The number of para-hydroxylation sites is 2. The Balaban J connectivity index is 1.72. The normalized spacial score (nSPS) is 13.1. The van der Waals surface area contributed by atoms with Crippen molar-refractivity contribution in [3.8, 4) is 17.2 Å². The molecular formula is C23H16N4O4S. The van der Waals surface area contributed by atoms with Crippen molar-refractivity contribution in [3.05, 3.63) is 72.8 Å². The Hall–Kier alpha value is -4.11. The lowest BCUT2D eigenvalue weighted by atomic mass is 10.2. The van der Waals surface area contributed by atoms with Gasteiger partial charge in [-0.1, -0.05) is 30.3 Å². The number of ether oxygens (including phenoxy) is 2. The van der Waals surface area contributed by atoms with E-state index in [0.29, 0.717) is 33.9 Å². The molecule has 0 radical (unpaired) electrons. The van der Waals surface area contributed by atoms with E-state index in [1.54, 1.807) is 47.0 Å². The summed E-state index contributed by atoms with van der Waals surface area (Å²) >= 11 is 0. The molecule has 2 N–H and O–H groups in total. The second-order valence-corrected chi connectivity index (χ2v) is 9.17. The molecule has 0 spiro atoms. The molecule has 0 amide bonds. The van der Waals surface area contributed by atoms with Gasteiger partial charge in [0.2, 0.25) is 16.6 Å². The van der Waals surface area contributed by atoms with E-state index >= 15 is 0 Å². The van der Waals surface area contributed by atoms with Gasteiger partial charge in [-0.2, -0.15) is 0 Å². The number of benzene rings is 3. The lowest BCUT2D eigenvalue weighted by Gasteiger charge is -2.09. The summed E-state index contributed by atoms with van der Waals surface area (Å²) in [5, 5.41) is 0. The van der Waals surface area contributed by atoms with Crippen molar-refractivity contribution < 1.29 is 17.9 Å². The zero-order valence-electron chi connectivity index (χ0n) is 16.6. The minimum Gasteiger partial charge on any atom is -0.454 e. The lowest BCUT2D eigenvalue weighted by Crippen LogP contribution is -2.07. The smallest absolute Gasteiger partial charge is 0.231 e. The summed E-state index contributed by atoms with van der Waals surface area (Å²) in [5.74, 6) is 1.18. The van der Waals surface area contributed by atoms with Gasteiger partial charge in [0.25, 0.3) is 0 Å². The molecule has 1 aliphatic rings. The molecule has 0 saturated heterocycles. The van der Waals surface area contributed by atoms with Crippen LogP contribution in [0.1, 0.15) is 0 Å². The van der Waals surface area contributed by atoms with Gasteiger partial charge in [-0.3, -0.25) is 4.57 Å². The van der Waals surface area contributed by atoms with Crippen LogP contribution in [-0.2, 0) is 9.84 Å². The number of fused-ring (bicyclic) bond motifs is 3. The van der Waals surface area contributed by atoms with E-state index in [4.69, 9.17) is 20.2 Å². The molecule has 6 rings (SSSR count). The molecule has 158 valence electrons. The Morgan fingerprint density at radius 3 is 2.31 bits per heavy atom. The predicted molar refractivity (Wildman–Crippen MR) is 119 cm³/mol. The molecular weight excluding hydrogens is 428 g/mol. The minimum absolute atomic E-state index is 0.0259. The molecule has 0 fully saturated rings. The van der Waals surface area contributed by atoms with Crippen molar-refractivity contribution in [2.45, 2.75) is 9.79 Å². The number of aromatic nitrogens is 3. The van der Waals surface area contributed by atoms with Gasteiger partial charge in [-0.15, -0.1) is 0 Å². The predicted octanol–water partition coefficient (Wildman–Crippen LogP) is 3.72. The largest absolute Gasteiger partial charge is 0.454 e. The van der Waals surface area contributed by atoms with Crippen LogP contribution >= 0.6 is 0 Å². The van der Waals surface area contributed by atoms with Gasteiger partial charge in [0.05, 0.1) is 21.6 Å². The maximum Gasteiger partial charge on any atom is 0.231 e. The average molecular weight is 444 g/mol. The second kappa shape index (κ2) is 6.69. The first-order valence-electron chi connectivity index (χ1n) is 9.81. The van der Waals surface area contributed by atoms with Crippen LogP contribution in [0.2, 0.25) is 0 Å². The SMILES string of the molecule is Nc1c(S(=O)(=O)c2ccccc2)c2nc3ccccc3nc2n1-c1ccc2c(c1)OCO2. The fraction of sp³-hybridized carbons (Fsp3) is 0.0435. The van der Waals surface area contributed by atoms with E-state index in [0.717, 1.165) is 0 Å². The fourth-order valence-corrected chi connectivity index (χ4v) is 5.41. The molecule has 0 unspecified atom stereocenters. The van der Waals surface area contributed by atoms with E-state index in [9.17, 15) is 8.42 Å². The first-order chi connectivity index (χ1) is 15.5. The third kappa shape index (κ3) is 2.64. The van der Waals surface area contributed by atoms with Gasteiger partial charge in [0, 0.05) is 6.07 Å². The Morgan fingerprint density at radius 2 is 1.53 bits per heavy atom. The highest BCUT2D eigenvalue weighted by atomic mass is 32.2. The van der Waals surface area contributed by atoms with Crippen molar-refractivity contribution in [1.82, 2.24) is 14.5 Å². The highest BCUT2D eigenvalue weighted by Gasteiger charge is 2.31. The van der Waals surface area contributed by atoms with E-state index in [-0.39, 0.29) is 27.9 Å². The van der Waals surface area contributed by atoms with Crippen molar-refractivity contribution in [2.24, 2.45) is 0 Å². The molecule has 0 saturated carbocycles. The van der Waals surface area contributed by atoms with Crippen LogP contribution in [0.5, 0.6) is 11.5 Å². The summed E-state index contributed by atoms with van der Waals surface area (Å²) in [6, 6.07) is 20.7. The number of hydrogen-bond donors (Lipinski definition) is 1. The Labute approximate surface area is 182 Å². The van der Waals surface area contributed by atoms with Gasteiger partial charge < -0.3 is 15.2 Å². The average Bonchev–Trinajstić information content (AvgIpc) is 3.39. The van der Waals surface area contributed by atoms with E-state index in [1.807, 2.05) is 18.2 Å². The number of hydrogen-bond acceptors (Lipinski definition) is 7. The first-order valence-corrected chi connectivity index (χ1v) is 11.3. The zero-order chi connectivity index (χ0) is 21.9. The van der Waals surface area contributed by atoms with Crippen LogP contribution in [0.15, 0.2) is 82.6 Å². The molecule has 2 aromatic heterocycles. The minimum atomic E-state index is -3.97. The fourth-order valence-electron chi connectivity index (χ4n) is 3.90. The molecule has 1 aliphatic heterocycles. The van der Waals surface area contributed by atoms with E-state index < -0.39 is 9.84 Å². The highest BCUT2D eigenvalue weighted by molar-refractivity contribution is 7.92. The summed E-state index contributed by atoms with van der Waals surface area (Å²) in [5.41, 5.74) is 8.86. The summed E-state index contributed by atoms with van der Waals surface area (Å²) in [6.07, 6.45) is 0. The van der Waals surface area contributed by atoms with Crippen LogP contribution in [0.4, 0.5) is 5.82 Å². The van der Waals surface area contributed by atoms with Gasteiger partial charge in [0.15, 0.2) is 17.1 Å². The number of rotatable bonds is 3. The first kappa shape index (κ1) is 18.6. The monoisotopic (exact) mass is 444 g/mol. The van der Waals surface area contributed by atoms with Crippen molar-refractivity contribution >= 4 is 37.9 Å². The molecule has 0 atom stereocenters. The van der Waals surface area contributed by atoms with Gasteiger partial charge in [-0.25, -0.2) is 18.4 Å². The molecule has 3 heterocycles.